The standard InChI is InChI=1S/C17H25N3O2/c1-5-14(18)10-20-15(21)17(4,19-16(20)22)13-8-6-12(7-9-13)11(2)3/h6-9,11,14H,5,10,18H2,1-4H3,(H,19,22). The third-order valence-corrected chi connectivity index (χ3v) is 4.37. The molecule has 2 unspecified atom stereocenters. The van der Waals surface area contributed by atoms with Crippen molar-refractivity contribution in [1.82, 2.24) is 10.2 Å². The number of carbonyl (C=O) groups is 2. The number of benzene rings is 1. The summed E-state index contributed by atoms with van der Waals surface area (Å²) in [7, 11) is 0. The fourth-order valence-corrected chi connectivity index (χ4v) is 2.62. The van der Waals surface area contributed by atoms with Gasteiger partial charge < -0.3 is 11.1 Å². The van der Waals surface area contributed by atoms with Crippen LogP contribution in [0.1, 0.15) is 51.2 Å². The van der Waals surface area contributed by atoms with Gasteiger partial charge in [0, 0.05) is 12.6 Å². The summed E-state index contributed by atoms with van der Waals surface area (Å²) in [5.41, 5.74) is 6.87. The molecule has 0 aliphatic carbocycles. The summed E-state index contributed by atoms with van der Waals surface area (Å²) in [6.07, 6.45) is 0.719. The zero-order valence-electron chi connectivity index (χ0n) is 13.7. The molecule has 1 aliphatic rings. The number of imide groups is 1. The molecule has 5 heteroatoms. The summed E-state index contributed by atoms with van der Waals surface area (Å²) in [6.45, 7) is 8.17. The lowest BCUT2D eigenvalue weighted by Gasteiger charge is -2.23. The smallest absolute Gasteiger partial charge is 0.325 e. The van der Waals surface area contributed by atoms with Gasteiger partial charge in [0.25, 0.3) is 5.91 Å². The van der Waals surface area contributed by atoms with Crippen molar-refractivity contribution in [3.05, 3.63) is 35.4 Å². The maximum absolute atomic E-state index is 12.7. The fraction of sp³-hybridized carbons (Fsp3) is 0.529. The Labute approximate surface area is 131 Å². The molecule has 0 spiro atoms. The van der Waals surface area contributed by atoms with Crippen LogP contribution in [0.5, 0.6) is 0 Å². The van der Waals surface area contributed by atoms with Crippen LogP contribution in [0.3, 0.4) is 0 Å². The van der Waals surface area contributed by atoms with Crippen molar-refractivity contribution in [2.45, 2.75) is 51.6 Å². The van der Waals surface area contributed by atoms with Gasteiger partial charge in [0.2, 0.25) is 0 Å². The summed E-state index contributed by atoms with van der Waals surface area (Å²) in [5.74, 6) is 0.188. The first-order valence-corrected chi connectivity index (χ1v) is 7.79. The molecule has 3 N–H and O–H groups in total. The lowest BCUT2D eigenvalue weighted by Crippen LogP contribution is -2.43. The molecule has 120 valence electrons. The Hall–Kier alpha value is -1.88. The van der Waals surface area contributed by atoms with Gasteiger partial charge in [0.05, 0.1) is 0 Å². The van der Waals surface area contributed by atoms with E-state index in [0.29, 0.717) is 5.92 Å². The van der Waals surface area contributed by atoms with E-state index < -0.39 is 5.54 Å². The Kier molecular flexibility index (Phi) is 4.56. The summed E-state index contributed by atoms with van der Waals surface area (Å²) < 4.78 is 0. The van der Waals surface area contributed by atoms with Crippen LogP contribution >= 0.6 is 0 Å². The van der Waals surface area contributed by atoms with Crippen LogP contribution in [0.2, 0.25) is 0 Å². The molecule has 0 radical (unpaired) electrons. The normalized spacial score (nSPS) is 23.1. The molecular weight excluding hydrogens is 278 g/mol. The van der Waals surface area contributed by atoms with Crippen molar-refractivity contribution in [2.75, 3.05) is 6.54 Å². The predicted octanol–water partition coefficient (Wildman–Crippen LogP) is 2.31. The second kappa shape index (κ2) is 6.08. The molecule has 0 saturated carbocycles. The van der Waals surface area contributed by atoms with E-state index in [1.165, 1.54) is 10.5 Å². The highest BCUT2D eigenvalue weighted by Crippen LogP contribution is 2.30. The van der Waals surface area contributed by atoms with Gasteiger partial charge in [-0.05, 0) is 30.4 Å². The maximum atomic E-state index is 12.7. The molecule has 1 heterocycles. The van der Waals surface area contributed by atoms with Crippen molar-refractivity contribution in [1.29, 1.82) is 0 Å². The highest BCUT2D eigenvalue weighted by Gasteiger charge is 2.49. The molecule has 1 aliphatic heterocycles. The van der Waals surface area contributed by atoms with Crippen LogP contribution in [0.4, 0.5) is 4.79 Å². The molecule has 1 saturated heterocycles. The van der Waals surface area contributed by atoms with E-state index in [1.54, 1.807) is 6.92 Å². The van der Waals surface area contributed by atoms with Gasteiger partial charge in [-0.2, -0.15) is 0 Å². The van der Waals surface area contributed by atoms with Gasteiger partial charge in [0.15, 0.2) is 0 Å². The first kappa shape index (κ1) is 16.5. The Morgan fingerprint density at radius 1 is 1.23 bits per heavy atom. The third-order valence-electron chi connectivity index (χ3n) is 4.37. The molecule has 1 fully saturated rings. The quantitative estimate of drug-likeness (QED) is 0.820. The van der Waals surface area contributed by atoms with Gasteiger partial charge in [0.1, 0.15) is 5.54 Å². The lowest BCUT2D eigenvalue weighted by atomic mass is 9.90. The van der Waals surface area contributed by atoms with Gasteiger partial charge >= 0.3 is 6.03 Å². The number of nitrogens with zero attached hydrogens (tertiary/aromatic N) is 1. The van der Waals surface area contributed by atoms with Crippen LogP contribution in [-0.4, -0.2) is 29.4 Å². The van der Waals surface area contributed by atoms with Crippen molar-refractivity contribution < 1.29 is 9.59 Å². The summed E-state index contributed by atoms with van der Waals surface area (Å²) in [6, 6.07) is 7.27. The fourth-order valence-electron chi connectivity index (χ4n) is 2.62. The largest absolute Gasteiger partial charge is 0.326 e. The third kappa shape index (κ3) is 2.86. The number of hydrogen-bond acceptors (Lipinski definition) is 3. The average molecular weight is 303 g/mol. The van der Waals surface area contributed by atoms with Crippen LogP contribution in [0.25, 0.3) is 0 Å². The Morgan fingerprint density at radius 2 is 1.82 bits per heavy atom. The van der Waals surface area contributed by atoms with Gasteiger partial charge in [-0.3, -0.25) is 9.69 Å². The molecule has 0 bridgehead atoms. The summed E-state index contributed by atoms with van der Waals surface area (Å²) in [5, 5.41) is 2.81. The molecule has 1 aromatic carbocycles. The molecule has 22 heavy (non-hydrogen) atoms. The van der Waals surface area contributed by atoms with Crippen molar-refractivity contribution >= 4 is 11.9 Å². The highest BCUT2D eigenvalue weighted by molar-refractivity contribution is 6.07. The van der Waals surface area contributed by atoms with Crippen LogP contribution in [-0.2, 0) is 10.3 Å². The van der Waals surface area contributed by atoms with E-state index in [4.69, 9.17) is 5.73 Å². The van der Waals surface area contributed by atoms with E-state index >= 15 is 0 Å². The molecule has 1 aromatic rings. The Morgan fingerprint density at radius 3 is 2.32 bits per heavy atom. The van der Waals surface area contributed by atoms with Crippen LogP contribution < -0.4 is 11.1 Å². The van der Waals surface area contributed by atoms with E-state index in [9.17, 15) is 9.59 Å². The Bertz CT molecular complexity index is 568. The molecule has 2 atom stereocenters. The Balaban J connectivity index is 2.26. The molecule has 0 aromatic heterocycles. The minimum Gasteiger partial charge on any atom is -0.326 e. The van der Waals surface area contributed by atoms with Crippen molar-refractivity contribution in [3.8, 4) is 0 Å². The first-order valence-electron chi connectivity index (χ1n) is 7.79. The van der Waals surface area contributed by atoms with E-state index in [1.807, 2.05) is 31.2 Å². The minimum atomic E-state index is -1.01. The number of amides is 3. The molecule has 3 amide bonds. The van der Waals surface area contributed by atoms with Crippen LogP contribution in [0, 0.1) is 0 Å². The zero-order chi connectivity index (χ0) is 16.5. The van der Waals surface area contributed by atoms with Crippen molar-refractivity contribution in [3.63, 3.8) is 0 Å². The summed E-state index contributed by atoms with van der Waals surface area (Å²) in [4.78, 5) is 26.1. The van der Waals surface area contributed by atoms with Gasteiger partial charge in [-0.1, -0.05) is 45.0 Å². The number of carbonyl (C=O) groups excluding carboxylic acids is 2. The molecule has 2 rings (SSSR count). The van der Waals surface area contributed by atoms with E-state index in [0.717, 1.165) is 12.0 Å². The number of urea groups is 1. The number of nitrogens with one attached hydrogen (secondary N) is 1. The monoisotopic (exact) mass is 303 g/mol. The summed E-state index contributed by atoms with van der Waals surface area (Å²) >= 11 is 0. The van der Waals surface area contributed by atoms with Crippen molar-refractivity contribution in [2.24, 2.45) is 5.73 Å². The highest BCUT2D eigenvalue weighted by atomic mass is 16.2. The molecular formula is C17H25N3O2. The molecule has 5 nitrogen and oxygen atoms in total. The number of hydrogen-bond donors (Lipinski definition) is 2. The van der Waals surface area contributed by atoms with Gasteiger partial charge in [-0.15, -0.1) is 0 Å². The van der Waals surface area contributed by atoms with Gasteiger partial charge in [-0.25, -0.2) is 4.79 Å². The predicted molar refractivity (Wildman–Crippen MR) is 86.4 cm³/mol. The SMILES string of the molecule is CCC(N)CN1C(=O)NC(C)(c2ccc(C(C)C)cc2)C1=O. The lowest BCUT2D eigenvalue weighted by molar-refractivity contribution is -0.131. The second-order valence-corrected chi connectivity index (χ2v) is 6.42. The number of rotatable bonds is 5. The number of nitrogens with two attached hydrogens (primary N) is 1. The second-order valence-electron chi connectivity index (χ2n) is 6.42. The van der Waals surface area contributed by atoms with E-state index in [2.05, 4.69) is 19.2 Å². The van der Waals surface area contributed by atoms with Crippen LogP contribution in [0.15, 0.2) is 24.3 Å². The average Bonchev–Trinajstić information content (AvgIpc) is 2.71. The zero-order valence-corrected chi connectivity index (χ0v) is 13.7. The maximum Gasteiger partial charge on any atom is 0.325 e. The first-order chi connectivity index (χ1) is 10.3. The topological polar surface area (TPSA) is 75.4 Å². The minimum absolute atomic E-state index is 0.194. The van der Waals surface area contributed by atoms with E-state index in [-0.39, 0.29) is 24.5 Å².